The number of halogens is 1. The zero-order valence-corrected chi connectivity index (χ0v) is 27.3. The molecule has 242 valence electrons. The third-order valence-corrected chi connectivity index (χ3v) is 9.03. The van der Waals surface area contributed by atoms with Crippen LogP contribution in [-0.4, -0.2) is 67.1 Å². The number of hydrogen-bond acceptors (Lipinski definition) is 9. The maximum atomic E-state index is 14.7. The summed E-state index contributed by atoms with van der Waals surface area (Å²) >= 11 is 0. The predicted octanol–water partition coefficient (Wildman–Crippen LogP) is 2.19. The van der Waals surface area contributed by atoms with E-state index in [0.29, 0.717) is 27.8 Å². The lowest BCUT2D eigenvalue weighted by molar-refractivity contribution is -0.133. The first-order valence-electron chi connectivity index (χ1n) is 14.1. The molecule has 3 amide bonds. The largest absolute Gasteiger partial charge is 0.368 e. The molecule has 1 aliphatic heterocycles. The average Bonchev–Trinajstić information content (AvgIpc) is 3.34. The van der Waals surface area contributed by atoms with E-state index in [-0.39, 0.29) is 42.4 Å². The normalized spacial score (nSPS) is 15.9. The second kappa shape index (κ2) is 13.2. The Morgan fingerprint density at radius 1 is 1.04 bits per heavy atom. The number of carbonyl (C=O) groups excluding carboxylic acids is 3. The molecule has 4 aromatic rings. The number of aromatic nitrogens is 2. The molecule has 3 aromatic carbocycles. The molecule has 2 atom stereocenters. The lowest BCUT2D eigenvalue weighted by atomic mass is 9.83. The Morgan fingerprint density at radius 2 is 1.72 bits per heavy atom. The first-order chi connectivity index (χ1) is 21.8. The number of benzene rings is 3. The van der Waals surface area contributed by atoms with Gasteiger partial charge >= 0.3 is 0 Å². The van der Waals surface area contributed by atoms with Gasteiger partial charge in [-0.1, -0.05) is 30.3 Å². The van der Waals surface area contributed by atoms with Crippen LogP contribution in [0.2, 0.25) is 0 Å². The van der Waals surface area contributed by atoms with Crippen molar-refractivity contribution < 1.29 is 22.8 Å². The van der Waals surface area contributed by atoms with Crippen LogP contribution in [0.4, 0.5) is 11.4 Å². The molecule has 2 heterocycles. The fourth-order valence-electron chi connectivity index (χ4n) is 5.64. The molecule has 5 rings (SSSR count). The summed E-state index contributed by atoms with van der Waals surface area (Å²) in [5.41, 5.74) is 6.61. The second-order valence-electron chi connectivity index (χ2n) is 11.2. The standard InChI is InChI=1S/C32H30N8O5S.ClH/c1-32(36-2,31(35)43)23-17-38(29(41)19-46(3,44)45)27-13-12-20(15-33)14-28(27)39(30(23)42)18-24-22-9-5-7-11-26(22)40(37-24)25-10-6-4-8-21(25)16-34;/h4-14,23,36H,17-19H2,1-3H3,(H2,35,43);1H/t23-,32?;/m1./s1. The predicted molar refractivity (Wildman–Crippen MR) is 178 cm³/mol. The van der Waals surface area contributed by atoms with Gasteiger partial charge in [-0.05, 0) is 50.4 Å². The topological polar surface area (TPSA) is 195 Å². The molecule has 0 aliphatic carbocycles. The zero-order chi connectivity index (χ0) is 33.4. The van der Waals surface area contributed by atoms with E-state index >= 15 is 0 Å². The van der Waals surface area contributed by atoms with Gasteiger partial charge in [0.25, 0.3) is 0 Å². The minimum absolute atomic E-state index is 0. The molecule has 0 spiro atoms. The summed E-state index contributed by atoms with van der Waals surface area (Å²) in [5, 5.41) is 27.9. The fourth-order valence-corrected chi connectivity index (χ4v) is 6.24. The van der Waals surface area contributed by atoms with E-state index < -0.39 is 44.8 Å². The van der Waals surface area contributed by atoms with Crippen LogP contribution < -0.4 is 20.9 Å². The number of rotatable bonds is 8. The van der Waals surface area contributed by atoms with Crippen LogP contribution in [0.15, 0.2) is 66.7 Å². The molecule has 15 heteroatoms. The van der Waals surface area contributed by atoms with Gasteiger partial charge in [0.05, 0.1) is 57.9 Å². The Kier molecular flexibility index (Phi) is 9.73. The highest BCUT2D eigenvalue weighted by atomic mass is 35.5. The van der Waals surface area contributed by atoms with E-state index in [2.05, 4.69) is 11.4 Å². The lowest BCUT2D eigenvalue weighted by Crippen LogP contribution is -2.63. The zero-order valence-electron chi connectivity index (χ0n) is 25.7. The Labute approximate surface area is 277 Å². The van der Waals surface area contributed by atoms with Crippen molar-refractivity contribution >= 4 is 62.2 Å². The Hall–Kier alpha value is -5.28. The van der Waals surface area contributed by atoms with Crippen molar-refractivity contribution in [1.82, 2.24) is 15.1 Å². The minimum Gasteiger partial charge on any atom is -0.368 e. The van der Waals surface area contributed by atoms with Gasteiger partial charge < -0.3 is 20.9 Å². The number of nitriles is 2. The number of fused-ring (bicyclic) bond motifs is 2. The van der Waals surface area contributed by atoms with E-state index in [9.17, 15) is 33.3 Å². The van der Waals surface area contributed by atoms with Crippen molar-refractivity contribution in [3.8, 4) is 17.8 Å². The number of carbonyl (C=O) groups is 3. The van der Waals surface area contributed by atoms with Gasteiger partial charge in [-0.15, -0.1) is 12.4 Å². The van der Waals surface area contributed by atoms with Crippen molar-refractivity contribution in [2.45, 2.75) is 19.0 Å². The first kappa shape index (κ1) is 34.6. The Bertz CT molecular complexity index is 2100. The number of sulfone groups is 1. The van der Waals surface area contributed by atoms with E-state index in [1.165, 1.54) is 37.1 Å². The smallest absolute Gasteiger partial charge is 0.242 e. The van der Waals surface area contributed by atoms with Crippen molar-refractivity contribution in [2.24, 2.45) is 11.7 Å². The molecule has 0 saturated carbocycles. The third-order valence-electron chi connectivity index (χ3n) is 8.25. The number of hydrogen-bond donors (Lipinski definition) is 2. The van der Waals surface area contributed by atoms with Gasteiger partial charge in [0.1, 0.15) is 17.4 Å². The summed E-state index contributed by atoms with van der Waals surface area (Å²) in [6.45, 7) is 0.884. The van der Waals surface area contributed by atoms with Gasteiger partial charge in [0, 0.05) is 18.2 Å². The third kappa shape index (κ3) is 6.39. The van der Waals surface area contributed by atoms with Crippen LogP contribution in [0.3, 0.4) is 0 Å². The molecule has 0 saturated heterocycles. The molecule has 47 heavy (non-hydrogen) atoms. The molecule has 0 fully saturated rings. The van der Waals surface area contributed by atoms with E-state index in [0.717, 1.165) is 11.2 Å². The molecule has 1 unspecified atom stereocenters. The number of likely N-dealkylation sites (N-methyl/N-ethyl adjacent to an activating group) is 1. The Morgan fingerprint density at radius 3 is 2.36 bits per heavy atom. The van der Waals surface area contributed by atoms with Crippen LogP contribution in [0.25, 0.3) is 16.6 Å². The molecule has 0 bridgehead atoms. The molecule has 1 aromatic heterocycles. The molecule has 1 aliphatic rings. The number of nitrogens with one attached hydrogen (secondary N) is 1. The van der Waals surface area contributed by atoms with Crippen LogP contribution >= 0.6 is 12.4 Å². The van der Waals surface area contributed by atoms with E-state index in [1.54, 1.807) is 35.0 Å². The summed E-state index contributed by atoms with van der Waals surface area (Å²) in [6, 6.07) is 22.8. The number of para-hydroxylation sites is 2. The van der Waals surface area contributed by atoms with Crippen molar-refractivity contribution in [3.05, 3.63) is 83.6 Å². The molecule has 3 N–H and O–H groups in total. The van der Waals surface area contributed by atoms with Crippen molar-refractivity contribution in [1.29, 1.82) is 10.5 Å². The van der Waals surface area contributed by atoms with Gasteiger partial charge in [-0.25, -0.2) is 13.1 Å². The monoisotopic (exact) mass is 674 g/mol. The highest BCUT2D eigenvalue weighted by molar-refractivity contribution is 7.91. The van der Waals surface area contributed by atoms with E-state index in [4.69, 9.17) is 10.8 Å². The Balaban J connectivity index is 0.00000500. The number of anilines is 2. The van der Waals surface area contributed by atoms with Gasteiger partial charge in [0.15, 0.2) is 9.84 Å². The molecular formula is C32H31ClN8O5S. The average molecular weight is 675 g/mol. The highest BCUT2D eigenvalue weighted by Gasteiger charge is 2.49. The summed E-state index contributed by atoms with van der Waals surface area (Å²) in [6.07, 6.45) is 0.921. The summed E-state index contributed by atoms with van der Waals surface area (Å²) in [7, 11) is -2.33. The minimum atomic E-state index is -3.79. The van der Waals surface area contributed by atoms with E-state index in [1.807, 2.05) is 24.3 Å². The number of primary amides is 1. The number of nitrogens with zero attached hydrogens (tertiary/aromatic N) is 6. The summed E-state index contributed by atoms with van der Waals surface area (Å²) in [5.74, 6) is -4.44. The van der Waals surface area contributed by atoms with Gasteiger partial charge in [-0.2, -0.15) is 15.6 Å². The number of nitrogens with two attached hydrogens (primary N) is 1. The van der Waals surface area contributed by atoms with Crippen LogP contribution in [-0.2, 0) is 30.8 Å². The number of amides is 3. The van der Waals surface area contributed by atoms with Crippen LogP contribution in [0.5, 0.6) is 0 Å². The molecule has 13 nitrogen and oxygen atoms in total. The SMILES string of the molecule is CNC(C)(C(N)=O)[C@@H]1CN(C(=O)CS(C)(=O)=O)c2ccc(C#N)cc2N(Cc2nn(-c3ccccc3C#N)c3ccccc23)C1=O.Cl. The van der Waals surface area contributed by atoms with Crippen molar-refractivity contribution in [3.63, 3.8) is 0 Å². The second-order valence-corrected chi connectivity index (χ2v) is 13.3. The fraction of sp³-hybridized carbons (Fsp3) is 0.250. The lowest BCUT2D eigenvalue weighted by Gasteiger charge is -2.36. The molecule has 0 radical (unpaired) electrons. The maximum Gasteiger partial charge on any atom is 0.242 e. The highest BCUT2D eigenvalue weighted by Crippen LogP contribution is 2.39. The quantitative estimate of drug-likeness (QED) is 0.282. The summed E-state index contributed by atoms with van der Waals surface area (Å²) in [4.78, 5) is 43.5. The van der Waals surface area contributed by atoms with Crippen molar-refractivity contribution in [2.75, 3.05) is 35.4 Å². The molecular weight excluding hydrogens is 644 g/mol. The van der Waals surface area contributed by atoms with Gasteiger partial charge in [0.2, 0.25) is 17.7 Å². The summed E-state index contributed by atoms with van der Waals surface area (Å²) < 4.78 is 26.0. The van der Waals surface area contributed by atoms with Crippen LogP contribution in [0.1, 0.15) is 23.7 Å². The van der Waals surface area contributed by atoms with Crippen LogP contribution in [0, 0.1) is 28.6 Å². The maximum absolute atomic E-state index is 14.7. The van der Waals surface area contributed by atoms with Gasteiger partial charge in [-0.3, -0.25) is 14.4 Å². The first-order valence-corrected chi connectivity index (χ1v) is 16.2.